The Kier molecular flexibility index (Phi) is 4.66. The maximum absolute atomic E-state index is 11.8. The Morgan fingerprint density at radius 1 is 1.22 bits per heavy atom. The average Bonchev–Trinajstić information content (AvgIpc) is 2.66. The second-order valence-corrected chi connectivity index (χ2v) is 7.31. The molecule has 0 aromatic rings. The molecule has 0 spiro atoms. The van der Waals surface area contributed by atoms with Crippen molar-refractivity contribution in [3.05, 3.63) is 0 Å². The van der Waals surface area contributed by atoms with Crippen molar-refractivity contribution in [1.82, 2.24) is 10.2 Å². The van der Waals surface area contributed by atoms with Crippen LogP contribution in [0, 0.1) is 11.8 Å². The van der Waals surface area contributed by atoms with E-state index in [1.807, 2.05) is 0 Å². The van der Waals surface area contributed by atoms with E-state index in [4.69, 9.17) is 0 Å². The molecular weight excluding hydrogens is 248 g/mol. The highest BCUT2D eigenvalue weighted by Gasteiger charge is 2.40. The van der Waals surface area contributed by atoms with E-state index in [-0.39, 0.29) is 17.8 Å². The van der Waals surface area contributed by atoms with Gasteiger partial charge >= 0.3 is 0 Å². The quantitative estimate of drug-likeness (QED) is 0.747. The maximum atomic E-state index is 11.8. The third kappa shape index (κ3) is 3.47. The molecule has 2 aliphatic heterocycles. The number of hydrogen-bond acceptors (Lipinski definition) is 4. The summed E-state index contributed by atoms with van der Waals surface area (Å²) in [4.78, 5) is 2.35. The monoisotopic (exact) mass is 270 g/mol. The van der Waals surface area contributed by atoms with E-state index in [1.54, 1.807) is 6.92 Å². The Hall–Kier alpha value is -0.570. The zero-order chi connectivity index (χ0) is 13.0. The Morgan fingerprint density at radius 3 is 2.61 bits per heavy atom. The van der Waals surface area contributed by atoms with Gasteiger partial charge in [-0.05, 0) is 32.9 Å². The molecule has 0 aromatic carbocycles. The summed E-state index contributed by atoms with van der Waals surface area (Å²) in [6.07, 6.45) is 3.66. The Balaban J connectivity index is 2.01. The highest BCUT2D eigenvalue weighted by Crippen LogP contribution is 2.22. The van der Waals surface area contributed by atoms with Crippen LogP contribution in [-0.2, 0) is 9.84 Å². The highest BCUT2D eigenvalue weighted by molar-refractivity contribution is 7.91. The number of likely N-dealkylation sites (tertiary alicyclic amines) is 1. The van der Waals surface area contributed by atoms with E-state index < -0.39 is 9.84 Å². The van der Waals surface area contributed by atoms with Crippen LogP contribution in [0.2, 0.25) is 0 Å². The Labute approximate surface area is 110 Å². The fraction of sp³-hybridized carbons (Fsp3) is 0.846. The third-order valence-corrected chi connectivity index (χ3v) is 5.53. The van der Waals surface area contributed by atoms with E-state index in [2.05, 4.69) is 22.1 Å². The summed E-state index contributed by atoms with van der Waals surface area (Å²) in [7, 11) is -2.88. The number of rotatable bonds is 3. The van der Waals surface area contributed by atoms with Gasteiger partial charge in [0.1, 0.15) is 0 Å². The molecule has 102 valence electrons. The predicted molar refractivity (Wildman–Crippen MR) is 73.1 cm³/mol. The van der Waals surface area contributed by atoms with Crippen LogP contribution < -0.4 is 5.32 Å². The highest BCUT2D eigenvalue weighted by atomic mass is 32.2. The van der Waals surface area contributed by atoms with Crippen LogP contribution in [0.25, 0.3) is 0 Å². The van der Waals surface area contributed by atoms with E-state index in [0.717, 1.165) is 13.1 Å². The number of nitrogens with zero attached hydrogens (tertiary/aromatic N) is 1. The molecule has 0 saturated carbocycles. The van der Waals surface area contributed by atoms with Crippen LogP contribution in [0.5, 0.6) is 0 Å². The van der Waals surface area contributed by atoms with Crippen LogP contribution >= 0.6 is 0 Å². The number of piperidine rings is 1. The molecule has 0 radical (unpaired) electrons. The second-order valence-electron chi connectivity index (χ2n) is 5.16. The summed E-state index contributed by atoms with van der Waals surface area (Å²) in [5.74, 6) is 6.36. The summed E-state index contributed by atoms with van der Waals surface area (Å²) in [6, 6.07) is 0.197. The van der Waals surface area contributed by atoms with E-state index in [1.165, 1.54) is 19.3 Å². The van der Waals surface area contributed by atoms with Gasteiger partial charge in [-0.2, -0.15) is 0 Å². The maximum Gasteiger partial charge on any atom is 0.153 e. The van der Waals surface area contributed by atoms with Crippen LogP contribution in [0.15, 0.2) is 0 Å². The lowest BCUT2D eigenvalue weighted by Crippen LogP contribution is -2.51. The smallest absolute Gasteiger partial charge is 0.153 e. The molecule has 18 heavy (non-hydrogen) atoms. The molecule has 2 saturated heterocycles. The SMILES string of the molecule is CC#CCN[C@@H]1CS(=O)(=O)C[C@@H]1N1CCCCC1. The van der Waals surface area contributed by atoms with Crippen molar-refractivity contribution in [2.75, 3.05) is 31.1 Å². The number of nitrogens with one attached hydrogen (secondary N) is 1. The zero-order valence-electron chi connectivity index (χ0n) is 11.0. The molecule has 0 aromatic heterocycles. The summed E-state index contributed by atoms with van der Waals surface area (Å²) in [5, 5.41) is 3.29. The molecule has 0 unspecified atom stereocenters. The summed E-state index contributed by atoms with van der Waals surface area (Å²) >= 11 is 0. The first-order valence-electron chi connectivity index (χ1n) is 6.70. The minimum Gasteiger partial charge on any atom is -0.301 e. The number of hydrogen-bond donors (Lipinski definition) is 1. The largest absolute Gasteiger partial charge is 0.301 e. The normalized spacial score (nSPS) is 31.8. The van der Waals surface area contributed by atoms with Crippen LogP contribution in [0.4, 0.5) is 0 Å². The van der Waals surface area contributed by atoms with Crippen molar-refractivity contribution < 1.29 is 8.42 Å². The van der Waals surface area contributed by atoms with Gasteiger partial charge in [-0.1, -0.05) is 12.3 Å². The van der Waals surface area contributed by atoms with Crippen LogP contribution in [0.1, 0.15) is 26.2 Å². The van der Waals surface area contributed by atoms with Crippen LogP contribution in [0.3, 0.4) is 0 Å². The summed E-state index contributed by atoms with van der Waals surface area (Å²) in [5.41, 5.74) is 0. The van der Waals surface area contributed by atoms with Gasteiger partial charge in [0.2, 0.25) is 0 Å². The molecule has 2 aliphatic rings. The predicted octanol–water partition coefficient (Wildman–Crippen LogP) is 0.251. The topological polar surface area (TPSA) is 49.4 Å². The van der Waals surface area contributed by atoms with Gasteiger partial charge in [0.05, 0.1) is 18.1 Å². The third-order valence-electron chi connectivity index (χ3n) is 3.81. The first-order chi connectivity index (χ1) is 8.62. The lowest BCUT2D eigenvalue weighted by atomic mass is 10.1. The first-order valence-corrected chi connectivity index (χ1v) is 8.52. The van der Waals surface area contributed by atoms with Gasteiger partial charge < -0.3 is 5.32 Å². The lowest BCUT2D eigenvalue weighted by molar-refractivity contribution is 0.157. The van der Waals surface area contributed by atoms with Crippen molar-refractivity contribution >= 4 is 9.84 Å². The van der Waals surface area contributed by atoms with E-state index >= 15 is 0 Å². The summed E-state index contributed by atoms with van der Waals surface area (Å²) in [6.45, 7) is 4.46. The molecule has 4 nitrogen and oxygen atoms in total. The molecule has 0 amide bonds. The lowest BCUT2D eigenvalue weighted by Gasteiger charge is -2.34. The zero-order valence-corrected chi connectivity index (χ0v) is 11.8. The minimum atomic E-state index is -2.88. The van der Waals surface area contributed by atoms with Gasteiger partial charge in [-0.25, -0.2) is 8.42 Å². The second kappa shape index (κ2) is 6.05. The van der Waals surface area contributed by atoms with Crippen molar-refractivity contribution in [1.29, 1.82) is 0 Å². The van der Waals surface area contributed by atoms with Crippen molar-refractivity contribution in [2.24, 2.45) is 0 Å². The first kappa shape index (κ1) is 13.9. The van der Waals surface area contributed by atoms with Gasteiger partial charge in [-0.3, -0.25) is 4.90 Å². The Morgan fingerprint density at radius 2 is 1.94 bits per heavy atom. The molecule has 0 bridgehead atoms. The van der Waals surface area contributed by atoms with Crippen molar-refractivity contribution in [3.8, 4) is 11.8 Å². The molecule has 2 fully saturated rings. The molecule has 2 atom stereocenters. The van der Waals surface area contributed by atoms with Gasteiger partial charge in [0.15, 0.2) is 9.84 Å². The minimum absolute atomic E-state index is 0.0500. The summed E-state index contributed by atoms with van der Waals surface area (Å²) < 4.78 is 23.6. The van der Waals surface area contributed by atoms with Crippen molar-refractivity contribution in [3.63, 3.8) is 0 Å². The number of sulfone groups is 1. The molecule has 2 rings (SSSR count). The molecular formula is C13H22N2O2S. The van der Waals surface area contributed by atoms with Gasteiger partial charge in [0.25, 0.3) is 0 Å². The molecule has 5 heteroatoms. The standard InChI is InChI=1S/C13H22N2O2S/c1-2-3-7-14-12-10-18(16,17)11-13(12)15-8-5-4-6-9-15/h12-14H,4-11H2,1H3/t12-,13+/m1/s1. The molecule has 0 aliphatic carbocycles. The Bertz CT molecular complexity index is 430. The molecule has 1 N–H and O–H groups in total. The van der Waals surface area contributed by atoms with Crippen LogP contribution in [-0.4, -0.2) is 56.5 Å². The van der Waals surface area contributed by atoms with Gasteiger partial charge in [-0.15, -0.1) is 5.92 Å². The molecule has 2 heterocycles. The van der Waals surface area contributed by atoms with Crippen molar-refractivity contribution in [2.45, 2.75) is 38.3 Å². The fourth-order valence-electron chi connectivity index (χ4n) is 2.90. The van der Waals surface area contributed by atoms with Gasteiger partial charge in [0, 0.05) is 12.1 Å². The van der Waals surface area contributed by atoms with E-state index in [9.17, 15) is 8.42 Å². The van der Waals surface area contributed by atoms with E-state index in [0.29, 0.717) is 12.3 Å². The average molecular weight is 270 g/mol. The fourth-order valence-corrected chi connectivity index (χ4v) is 4.89.